The third-order valence-corrected chi connectivity index (χ3v) is 3.41. The summed E-state index contributed by atoms with van der Waals surface area (Å²) in [6.45, 7) is 0.711. The first-order chi connectivity index (χ1) is 8.36. The number of rotatable bonds is 5. The largest absolute Gasteiger partial charge is 0.272 e. The fraction of sp³-hybridized carbons (Fsp3) is 0.364. The van der Waals surface area contributed by atoms with Gasteiger partial charge in [0.2, 0.25) is 0 Å². The summed E-state index contributed by atoms with van der Waals surface area (Å²) in [5.74, 6) is 1.82. The van der Waals surface area contributed by atoms with Crippen LogP contribution in [-0.2, 0) is 5.75 Å². The van der Waals surface area contributed by atoms with Crippen LogP contribution in [0.2, 0.25) is 0 Å². The SMILES string of the molecule is CS/C(=N\CCSCc1ccccn1)NC#N. The maximum atomic E-state index is 8.45. The molecule has 17 heavy (non-hydrogen) atoms. The van der Waals surface area contributed by atoms with Crippen LogP contribution in [0.5, 0.6) is 0 Å². The number of hydrogen-bond donors (Lipinski definition) is 1. The summed E-state index contributed by atoms with van der Waals surface area (Å²) >= 11 is 3.23. The fourth-order valence-electron chi connectivity index (χ4n) is 1.07. The number of aromatic nitrogens is 1. The highest BCUT2D eigenvalue weighted by atomic mass is 32.2. The van der Waals surface area contributed by atoms with Gasteiger partial charge in [0.1, 0.15) is 0 Å². The Bertz CT molecular complexity index is 386. The number of nitrogens with zero attached hydrogens (tertiary/aromatic N) is 3. The van der Waals surface area contributed by atoms with Crippen LogP contribution in [0.25, 0.3) is 0 Å². The molecule has 0 atom stereocenters. The van der Waals surface area contributed by atoms with Crippen molar-refractivity contribution in [2.24, 2.45) is 4.99 Å². The van der Waals surface area contributed by atoms with E-state index in [1.54, 1.807) is 18.0 Å². The summed E-state index contributed by atoms with van der Waals surface area (Å²) < 4.78 is 0. The summed E-state index contributed by atoms with van der Waals surface area (Å²) in [6.07, 6.45) is 5.56. The van der Waals surface area contributed by atoms with E-state index < -0.39 is 0 Å². The highest BCUT2D eigenvalue weighted by molar-refractivity contribution is 8.13. The summed E-state index contributed by atoms with van der Waals surface area (Å²) in [6, 6.07) is 5.92. The molecule has 0 spiro atoms. The number of thioether (sulfide) groups is 2. The monoisotopic (exact) mass is 266 g/mol. The van der Waals surface area contributed by atoms with E-state index in [-0.39, 0.29) is 0 Å². The van der Waals surface area contributed by atoms with Gasteiger partial charge < -0.3 is 0 Å². The lowest BCUT2D eigenvalue weighted by molar-refractivity contribution is 1.11. The van der Waals surface area contributed by atoms with Crippen molar-refractivity contribution in [3.05, 3.63) is 30.1 Å². The Kier molecular flexibility index (Phi) is 7.27. The zero-order valence-electron chi connectivity index (χ0n) is 9.59. The lowest BCUT2D eigenvalue weighted by atomic mass is 10.4. The normalized spacial score (nSPS) is 10.9. The van der Waals surface area contributed by atoms with Crippen LogP contribution in [0, 0.1) is 11.5 Å². The lowest BCUT2D eigenvalue weighted by Gasteiger charge is -2.00. The molecule has 0 saturated carbocycles. The summed E-state index contributed by atoms with van der Waals surface area (Å²) in [7, 11) is 0. The first-order valence-corrected chi connectivity index (χ1v) is 7.46. The van der Waals surface area contributed by atoms with Crippen molar-refractivity contribution >= 4 is 28.7 Å². The maximum absolute atomic E-state index is 8.45. The molecule has 1 aromatic heterocycles. The van der Waals surface area contributed by atoms with Crippen LogP contribution in [0.15, 0.2) is 29.4 Å². The lowest BCUT2D eigenvalue weighted by Crippen LogP contribution is -2.13. The van der Waals surface area contributed by atoms with Gasteiger partial charge in [0, 0.05) is 17.7 Å². The van der Waals surface area contributed by atoms with Crippen molar-refractivity contribution in [1.82, 2.24) is 10.3 Å². The molecule has 1 rings (SSSR count). The Morgan fingerprint density at radius 1 is 1.59 bits per heavy atom. The van der Waals surface area contributed by atoms with Crippen molar-refractivity contribution in [2.75, 3.05) is 18.6 Å². The van der Waals surface area contributed by atoms with Crippen molar-refractivity contribution in [2.45, 2.75) is 5.75 Å². The van der Waals surface area contributed by atoms with E-state index in [0.29, 0.717) is 11.7 Å². The van der Waals surface area contributed by atoms with Gasteiger partial charge in [-0.15, -0.1) is 0 Å². The molecule has 1 N–H and O–H groups in total. The molecule has 0 radical (unpaired) electrons. The van der Waals surface area contributed by atoms with Crippen LogP contribution >= 0.6 is 23.5 Å². The van der Waals surface area contributed by atoms with Crippen LogP contribution < -0.4 is 5.32 Å². The van der Waals surface area contributed by atoms with E-state index in [1.807, 2.05) is 30.6 Å². The van der Waals surface area contributed by atoms with Gasteiger partial charge in [0.05, 0.1) is 12.2 Å². The topological polar surface area (TPSA) is 61.1 Å². The molecule has 4 nitrogen and oxygen atoms in total. The minimum absolute atomic E-state index is 0.672. The van der Waals surface area contributed by atoms with Gasteiger partial charge in [0.15, 0.2) is 11.4 Å². The summed E-state index contributed by atoms with van der Waals surface area (Å²) in [5, 5.41) is 11.7. The molecule has 0 aliphatic heterocycles. The van der Waals surface area contributed by atoms with Gasteiger partial charge in [-0.05, 0) is 18.4 Å². The molecule has 0 fully saturated rings. The first kappa shape index (κ1) is 13.9. The predicted octanol–water partition coefficient (Wildman–Crippen LogP) is 2.10. The Labute approximate surface area is 110 Å². The molecule has 1 heterocycles. The minimum atomic E-state index is 0.672. The van der Waals surface area contributed by atoms with Crippen LogP contribution in [-0.4, -0.2) is 28.7 Å². The Morgan fingerprint density at radius 2 is 2.47 bits per heavy atom. The van der Waals surface area contributed by atoms with Crippen LogP contribution in [0.3, 0.4) is 0 Å². The van der Waals surface area contributed by atoms with E-state index >= 15 is 0 Å². The number of pyridine rings is 1. The van der Waals surface area contributed by atoms with E-state index in [9.17, 15) is 0 Å². The highest BCUT2D eigenvalue weighted by Gasteiger charge is 1.95. The highest BCUT2D eigenvalue weighted by Crippen LogP contribution is 2.09. The second-order valence-electron chi connectivity index (χ2n) is 3.00. The average Bonchev–Trinajstić information content (AvgIpc) is 2.38. The standard InChI is InChI=1S/C11H14N4S2/c1-16-11(15-9-12)14-6-7-17-8-10-4-2-3-5-13-10/h2-5H,6-8H2,1H3,(H,14,15). The van der Waals surface area contributed by atoms with E-state index in [0.717, 1.165) is 17.2 Å². The van der Waals surface area contributed by atoms with Crippen molar-refractivity contribution < 1.29 is 0 Å². The third kappa shape index (κ3) is 6.19. The average molecular weight is 266 g/mol. The van der Waals surface area contributed by atoms with E-state index in [4.69, 9.17) is 5.26 Å². The Balaban J connectivity index is 2.18. The molecule has 0 amide bonds. The number of nitriles is 1. The van der Waals surface area contributed by atoms with Gasteiger partial charge in [-0.3, -0.25) is 15.3 Å². The molecule has 0 aliphatic carbocycles. The van der Waals surface area contributed by atoms with Crippen LogP contribution in [0.4, 0.5) is 0 Å². The van der Waals surface area contributed by atoms with Gasteiger partial charge in [0.25, 0.3) is 0 Å². The molecule has 1 aromatic rings. The van der Waals surface area contributed by atoms with Gasteiger partial charge in [-0.2, -0.15) is 17.0 Å². The number of nitrogens with one attached hydrogen (secondary N) is 1. The quantitative estimate of drug-likeness (QED) is 0.291. The van der Waals surface area contributed by atoms with Gasteiger partial charge in [-0.25, -0.2) is 0 Å². The predicted molar refractivity (Wildman–Crippen MR) is 75.0 cm³/mol. The van der Waals surface area contributed by atoms with Crippen LogP contribution in [0.1, 0.15) is 5.69 Å². The number of hydrogen-bond acceptors (Lipinski definition) is 5. The van der Waals surface area contributed by atoms with Crippen molar-refractivity contribution in [3.63, 3.8) is 0 Å². The maximum Gasteiger partial charge on any atom is 0.183 e. The van der Waals surface area contributed by atoms with E-state index in [2.05, 4.69) is 15.3 Å². The molecular weight excluding hydrogens is 252 g/mol. The summed E-state index contributed by atoms with van der Waals surface area (Å²) in [4.78, 5) is 8.51. The molecule has 6 heteroatoms. The molecule has 0 aliphatic rings. The minimum Gasteiger partial charge on any atom is -0.272 e. The first-order valence-electron chi connectivity index (χ1n) is 5.08. The van der Waals surface area contributed by atoms with Gasteiger partial charge >= 0.3 is 0 Å². The zero-order chi connectivity index (χ0) is 12.3. The number of amidine groups is 1. The molecule has 90 valence electrons. The zero-order valence-corrected chi connectivity index (χ0v) is 11.2. The Morgan fingerprint density at radius 3 is 3.12 bits per heavy atom. The molecular formula is C11H14N4S2. The molecule has 0 bridgehead atoms. The van der Waals surface area contributed by atoms with Gasteiger partial charge in [-0.1, -0.05) is 17.8 Å². The van der Waals surface area contributed by atoms with Crippen molar-refractivity contribution in [1.29, 1.82) is 5.26 Å². The molecule has 0 saturated heterocycles. The molecule has 0 unspecified atom stereocenters. The van der Waals surface area contributed by atoms with E-state index in [1.165, 1.54) is 11.8 Å². The van der Waals surface area contributed by atoms with Crippen molar-refractivity contribution in [3.8, 4) is 6.19 Å². The summed E-state index contributed by atoms with van der Waals surface area (Å²) in [5.41, 5.74) is 1.08. The smallest absolute Gasteiger partial charge is 0.183 e. The molecule has 0 aromatic carbocycles. The number of aliphatic imine (C=N–C) groups is 1. The second-order valence-corrected chi connectivity index (χ2v) is 4.90. The second kappa shape index (κ2) is 8.90. The third-order valence-electron chi connectivity index (χ3n) is 1.82. The fourth-order valence-corrected chi connectivity index (χ4v) is 2.19. The Hall–Kier alpha value is -1.19.